The van der Waals surface area contributed by atoms with Crippen molar-refractivity contribution < 1.29 is 35.5 Å². The summed E-state index contributed by atoms with van der Waals surface area (Å²) in [4.78, 5) is 16.4. The van der Waals surface area contributed by atoms with Crippen LogP contribution < -0.4 is 0 Å². The van der Waals surface area contributed by atoms with Gasteiger partial charge in [-0.05, 0) is 43.3 Å². The molecule has 6 nitrogen and oxygen atoms in total. The molecular weight excluding hydrogens is 423 g/mol. The second-order valence-electron chi connectivity index (χ2n) is 6.29. The van der Waals surface area contributed by atoms with Crippen molar-refractivity contribution in [1.29, 1.82) is 0 Å². The molecule has 158 valence electrons. The zero-order valence-corrected chi connectivity index (χ0v) is 16.7. The number of sulfone groups is 1. The molecule has 0 radical (unpaired) electrons. The number of nitrogens with zero attached hydrogens (tertiary/aromatic N) is 1. The zero-order chi connectivity index (χ0) is 22.1. The van der Waals surface area contributed by atoms with Crippen LogP contribution in [-0.2, 0) is 20.8 Å². The second-order valence-corrected chi connectivity index (χ2v) is 8.31. The zero-order valence-electron chi connectivity index (χ0n) is 15.9. The predicted octanol–water partition coefficient (Wildman–Crippen LogP) is 4.61. The van der Waals surface area contributed by atoms with E-state index in [1.165, 1.54) is 36.4 Å². The SMILES string of the molecule is CCOC(=O)c1nc(-c2ccc(C(F)(F)F)cc2)oc1-c1cccc(S(C)(=O)=O)c1. The van der Waals surface area contributed by atoms with Crippen LogP contribution in [0.2, 0.25) is 0 Å². The van der Waals surface area contributed by atoms with Crippen molar-refractivity contribution in [1.82, 2.24) is 4.98 Å². The van der Waals surface area contributed by atoms with Gasteiger partial charge in [0.25, 0.3) is 0 Å². The Morgan fingerprint density at radius 2 is 1.77 bits per heavy atom. The van der Waals surface area contributed by atoms with Gasteiger partial charge in [0.15, 0.2) is 21.3 Å². The average Bonchev–Trinajstić information content (AvgIpc) is 3.13. The molecule has 1 aromatic heterocycles. The third-order valence-electron chi connectivity index (χ3n) is 4.08. The molecule has 30 heavy (non-hydrogen) atoms. The molecule has 1 heterocycles. The number of hydrogen-bond donors (Lipinski definition) is 0. The van der Waals surface area contributed by atoms with Gasteiger partial charge in [-0.2, -0.15) is 13.2 Å². The first-order chi connectivity index (χ1) is 14.0. The van der Waals surface area contributed by atoms with Crippen molar-refractivity contribution in [2.24, 2.45) is 0 Å². The fourth-order valence-electron chi connectivity index (χ4n) is 2.65. The van der Waals surface area contributed by atoms with Gasteiger partial charge < -0.3 is 9.15 Å². The number of aromatic nitrogens is 1. The van der Waals surface area contributed by atoms with E-state index in [9.17, 15) is 26.4 Å². The Morgan fingerprint density at radius 1 is 1.10 bits per heavy atom. The average molecular weight is 439 g/mol. The third kappa shape index (κ3) is 4.54. The summed E-state index contributed by atoms with van der Waals surface area (Å²) in [5, 5.41) is 0. The number of ether oxygens (including phenoxy) is 1. The summed E-state index contributed by atoms with van der Waals surface area (Å²) in [5.74, 6) is -0.959. The van der Waals surface area contributed by atoms with Crippen LogP contribution in [0.25, 0.3) is 22.8 Å². The standard InChI is InChI=1S/C20H16F3NO5S/c1-3-28-19(25)16-17(13-5-4-6-15(11-13)30(2,26)27)29-18(24-16)12-7-9-14(10-8-12)20(21,22)23/h4-11H,3H2,1-2H3. The maximum atomic E-state index is 12.8. The minimum absolute atomic E-state index is 0.00212. The largest absolute Gasteiger partial charge is 0.461 e. The molecule has 0 aliphatic heterocycles. The van der Waals surface area contributed by atoms with Gasteiger partial charge in [-0.1, -0.05) is 12.1 Å². The van der Waals surface area contributed by atoms with Crippen molar-refractivity contribution in [3.05, 3.63) is 59.8 Å². The van der Waals surface area contributed by atoms with Crippen LogP contribution in [0, 0.1) is 0 Å². The van der Waals surface area contributed by atoms with E-state index in [4.69, 9.17) is 9.15 Å². The van der Waals surface area contributed by atoms with Crippen LogP contribution in [-0.4, -0.2) is 32.2 Å². The van der Waals surface area contributed by atoms with Crippen LogP contribution in [0.3, 0.4) is 0 Å². The number of carbonyl (C=O) groups excluding carboxylic acids is 1. The molecule has 3 rings (SSSR count). The number of alkyl halides is 3. The van der Waals surface area contributed by atoms with Gasteiger partial charge in [0.1, 0.15) is 0 Å². The van der Waals surface area contributed by atoms with Crippen LogP contribution >= 0.6 is 0 Å². The van der Waals surface area contributed by atoms with Crippen LogP contribution in [0.5, 0.6) is 0 Å². The molecule has 0 saturated carbocycles. The van der Waals surface area contributed by atoms with E-state index >= 15 is 0 Å². The molecule has 3 aromatic rings. The highest BCUT2D eigenvalue weighted by Crippen LogP contribution is 2.34. The summed E-state index contributed by atoms with van der Waals surface area (Å²) in [6.07, 6.45) is -3.46. The van der Waals surface area contributed by atoms with E-state index in [0.717, 1.165) is 18.4 Å². The first-order valence-corrected chi connectivity index (χ1v) is 10.6. The Morgan fingerprint density at radius 3 is 2.33 bits per heavy atom. The Bertz CT molecular complexity index is 1180. The summed E-state index contributed by atoms with van der Waals surface area (Å²) in [6.45, 7) is 1.66. The number of oxazole rings is 1. The van der Waals surface area contributed by atoms with Crippen LogP contribution in [0.4, 0.5) is 13.2 Å². The number of hydrogen-bond acceptors (Lipinski definition) is 6. The van der Waals surface area contributed by atoms with Gasteiger partial charge in [0.05, 0.1) is 17.1 Å². The summed E-state index contributed by atoms with van der Waals surface area (Å²) in [6, 6.07) is 9.77. The molecule has 0 aliphatic rings. The smallest absolute Gasteiger partial charge is 0.416 e. The van der Waals surface area contributed by atoms with Gasteiger partial charge in [-0.25, -0.2) is 18.2 Å². The Kier molecular flexibility index (Phi) is 5.71. The maximum Gasteiger partial charge on any atom is 0.416 e. The quantitative estimate of drug-likeness (QED) is 0.540. The lowest BCUT2D eigenvalue weighted by Crippen LogP contribution is -2.07. The van der Waals surface area contributed by atoms with E-state index in [-0.39, 0.29) is 40.0 Å². The topological polar surface area (TPSA) is 86.5 Å². The molecular formula is C20H16F3NO5S. The summed E-state index contributed by atoms with van der Waals surface area (Å²) in [5.41, 5.74) is -0.590. The Labute approximate surface area is 170 Å². The fourth-order valence-corrected chi connectivity index (χ4v) is 3.31. The monoisotopic (exact) mass is 439 g/mol. The molecule has 0 unspecified atom stereocenters. The molecule has 0 aliphatic carbocycles. The number of halogens is 3. The molecule has 0 saturated heterocycles. The third-order valence-corrected chi connectivity index (χ3v) is 5.19. The van der Waals surface area contributed by atoms with Gasteiger partial charge in [0.2, 0.25) is 5.89 Å². The maximum absolute atomic E-state index is 12.8. The number of esters is 1. The summed E-state index contributed by atoms with van der Waals surface area (Å²) in [7, 11) is -3.53. The van der Waals surface area contributed by atoms with Gasteiger partial charge in [-0.3, -0.25) is 0 Å². The molecule has 0 fully saturated rings. The highest BCUT2D eigenvalue weighted by molar-refractivity contribution is 7.90. The first-order valence-electron chi connectivity index (χ1n) is 8.66. The van der Waals surface area contributed by atoms with E-state index in [0.29, 0.717) is 0 Å². The minimum atomic E-state index is -4.50. The van der Waals surface area contributed by atoms with E-state index in [1.54, 1.807) is 6.92 Å². The van der Waals surface area contributed by atoms with Crippen molar-refractivity contribution >= 4 is 15.8 Å². The highest BCUT2D eigenvalue weighted by Gasteiger charge is 2.30. The van der Waals surface area contributed by atoms with Crippen LogP contribution in [0.1, 0.15) is 23.0 Å². The molecule has 0 spiro atoms. The number of carbonyl (C=O) groups is 1. The molecule has 0 amide bonds. The van der Waals surface area contributed by atoms with Gasteiger partial charge in [-0.15, -0.1) is 0 Å². The highest BCUT2D eigenvalue weighted by atomic mass is 32.2. The molecule has 2 aromatic carbocycles. The van der Waals surface area contributed by atoms with Crippen LogP contribution in [0.15, 0.2) is 57.8 Å². The normalized spacial score (nSPS) is 12.0. The van der Waals surface area contributed by atoms with Gasteiger partial charge >= 0.3 is 12.1 Å². The lowest BCUT2D eigenvalue weighted by molar-refractivity contribution is -0.137. The fraction of sp³-hybridized carbons (Fsp3) is 0.200. The second kappa shape index (κ2) is 7.94. The Balaban J connectivity index is 2.12. The van der Waals surface area contributed by atoms with Gasteiger partial charge in [0, 0.05) is 17.4 Å². The first kappa shape index (κ1) is 21.6. The van der Waals surface area contributed by atoms with Crippen molar-refractivity contribution in [3.8, 4) is 22.8 Å². The van der Waals surface area contributed by atoms with E-state index in [2.05, 4.69) is 4.98 Å². The minimum Gasteiger partial charge on any atom is -0.461 e. The molecule has 0 N–H and O–H groups in total. The van der Waals surface area contributed by atoms with Crippen molar-refractivity contribution in [2.45, 2.75) is 18.0 Å². The lowest BCUT2D eigenvalue weighted by Gasteiger charge is -2.06. The molecule has 10 heteroatoms. The van der Waals surface area contributed by atoms with Crippen molar-refractivity contribution in [2.75, 3.05) is 12.9 Å². The molecule has 0 atom stereocenters. The lowest BCUT2D eigenvalue weighted by atomic mass is 10.1. The number of benzene rings is 2. The molecule has 0 bridgehead atoms. The Hall–Kier alpha value is -3.14. The summed E-state index contributed by atoms with van der Waals surface area (Å²) < 4.78 is 72.7. The van der Waals surface area contributed by atoms with Crippen molar-refractivity contribution in [3.63, 3.8) is 0 Å². The van der Waals surface area contributed by atoms with E-state index < -0.39 is 27.5 Å². The number of rotatable bonds is 5. The predicted molar refractivity (Wildman–Crippen MR) is 101 cm³/mol. The van der Waals surface area contributed by atoms with E-state index in [1.807, 2.05) is 0 Å². The summed E-state index contributed by atoms with van der Waals surface area (Å²) >= 11 is 0.